The molecule has 4 aromatic carbocycles. The van der Waals surface area contributed by atoms with Crippen molar-refractivity contribution >= 4 is 28.8 Å². The van der Waals surface area contributed by atoms with Gasteiger partial charge in [0, 0.05) is 18.7 Å². The SMILES string of the molecule is CCCCc1nc2ccc(NC(=O)OCc3ccccc3)cc2n1Cc1ccc(-c2ccccc2C(=O)O)cc1. The van der Waals surface area contributed by atoms with Gasteiger partial charge in [0.2, 0.25) is 0 Å². The highest BCUT2D eigenvalue weighted by molar-refractivity contribution is 5.96. The van der Waals surface area contributed by atoms with Crippen molar-refractivity contribution in [2.75, 3.05) is 5.32 Å². The summed E-state index contributed by atoms with van der Waals surface area (Å²) >= 11 is 0. The number of carbonyl (C=O) groups is 2. The van der Waals surface area contributed by atoms with Gasteiger partial charge in [0.1, 0.15) is 12.4 Å². The van der Waals surface area contributed by atoms with Gasteiger partial charge in [-0.3, -0.25) is 5.32 Å². The van der Waals surface area contributed by atoms with Crippen LogP contribution in [-0.4, -0.2) is 26.7 Å². The summed E-state index contributed by atoms with van der Waals surface area (Å²) in [5.41, 5.74) is 6.22. The third-order valence-corrected chi connectivity index (χ3v) is 6.80. The van der Waals surface area contributed by atoms with E-state index in [-0.39, 0.29) is 12.2 Å². The molecule has 1 amide bonds. The normalized spacial score (nSPS) is 10.9. The molecule has 5 aromatic rings. The van der Waals surface area contributed by atoms with Gasteiger partial charge in [-0.05, 0) is 52.9 Å². The molecule has 2 N–H and O–H groups in total. The Kier molecular flexibility index (Phi) is 8.21. The lowest BCUT2D eigenvalue weighted by Gasteiger charge is -2.12. The van der Waals surface area contributed by atoms with Crippen molar-refractivity contribution in [3.8, 4) is 11.1 Å². The molecule has 7 nitrogen and oxygen atoms in total. The third kappa shape index (κ3) is 6.21. The fraction of sp³-hybridized carbons (Fsp3) is 0.182. The summed E-state index contributed by atoms with van der Waals surface area (Å²) in [6, 6.07) is 30.2. The Hall–Kier alpha value is -4.91. The molecule has 202 valence electrons. The Bertz CT molecular complexity index is 1630. The number of unbranched alkanes of at least 4 members (excludes halogenated alkanes) is 1. The van der Waals surface area contributed by atoms with Crippen LogP contribution in [0.15, 0.2) is 97.1 Å². The molecule has 0 unspecified atom stereocenters. The molecule has 0 aliphatic heterocycles. The summed E-state index contributed by atoms with van der Waals surface area (Å²) < 4.78 is 7.58. The quantitative estimate of drug-likeness (QED) is 0.193. The number of aryl methyl sites for hydroxylation is 1. The molecule has 1 heterocycles. The van der Waals surface area contributed by atoms with Crippen LogP contribution in [0.4, 0.5) is 10.5 Å². The van der Waals surface area contributed by atoms with Gasteiger partial charge in [-0.1, -0.05) is 86.1 Å². The average molecular weight is 534 g/mol. The predicted molar refractivity (Wildman–Crippen MR) is 157 cm³/mol. The van der Waals surface area contributed by atoms with Crippen LogP contribution < -0.4 is 5.32 Å². The number of carboxylic acids is 1. The topological polar surface area (TPSA) is 93.5 Å². The summed E-state index contributed by atoms with van der Waals surface area (Å²) in [4.78, 5) is 29.0. The molecule has 0 saturated carbocycles. The number of aromatic nitrogens is 2. The van der Waals surface area contributed by atoms with E-state index in [1.807, 2.05) is 84.9 Å². The van der Waals surface area contributed by atoms with Crippen molar-refractivity contribution in [1.29, 1.82) is 0 Å². The lowest BCUT2D eigenvalue weighted by atomic mass is 9.99. The lowest BCUT2D eigenvalue weighted by molar-refractivity contribution is 0.0697. The van der Waals surface area contributed by atoms with E-state index in [0.717, 1.165) is 52.8 Å². The molecule has 0 aliphatic rings. The first-order chi connectivity index (χ1) is 19.5. The molecular weight excluding hydrogens is 502 g/mol. The summed E-state index contributed by atoms with van der Waals surface area (Å²) in [6.45, 7) is 2.95. The number of fused-ring (bicyclic) bond motifs is 1. The molecular formula is C33H31N3O4. The van der Waals surface area contributed by atoms with Gasteiger partial charge in [-0.25, -0.2) is 14.6 Å². The van der Waals surface area contributed by atoms with E-state index >= 15 is 0 Å². The summed E-state index contributed by atoms with van der Waals surface area (Å²) in [5.74, 6) is 0.0412. The van der Waals surface area contributed by atoms with Gasteiger partial charge in [-0.15, -0.1) is 0 Å². The summed E-state index contributed by atoms with van der Waals surface area (Å²) in [5, 5.41) is 12.4. The molecule has 0 bridgehead atoms. The standard InChI is InChI=1S/C33H31N3O4/c1-2-3-13-31-35-29-19-18-26(34-33(39)40-22-24-9-5-4-6-10-24)20-30(29)36(31)21-23-14-16-25(17-15-23)27-11-7-8-12-28(27)32(37)38/h4-12,14-20H,2-3,13,21-22H2,1H3,(H,34,39)(H,37,38). The second-order valence-electron chi connectivity index (χ2n) is 9.66. The smallest absolute Gasteiger partial charge is 0.411 e. The third-order valence-electron chi connectivity index (χ3n) is 6.80. The molecule has 0 radical (unpaired) electrons. The predicted octanol–water partition coefficient (Wildman–Crippen LogP) is 7.54. The number of amides is 1. The van der Waals surface area contributed by atoms with Crippen LogP contribution in [0.5, 0.6) is 0 Å². The van der Waals surface area contributed by atoms with Gasteiger partial charge in [0.15, 0.2) is 0 Å². The highest BCUT2D eigenvalue weighted by Crippen LogP contribution is 2.26. The minimum absolute atomic E-state index is 0.195. The first-order valence-electron chi connectivity index (χ1n) is 13.4. The second kappa shape index (κ2) is 12.3. The van der Waals surface area contributed by atoms with E-state index in [1.54, 1.807) is 12.1 Å². The zero-order valence-electron chi connectivity index (χ0n) is 22.3. The van der Waals surface area contributed by atoms with Crippen molar-refractivity contribution in [2.45, 2.75) is 39.3 Å². The molecule has 1 aromatic heterocycles. The maximum atomic E-state index is 12.5. The number of ether oxygens (including phenoxy) is 1. The number of carboxylic acid groups (broad SMARTS) is 1. The molecule has 0 saturated heterocycles. The van der Waals surface area contributed by atoms with Crippen LogP contribution in [0.1, 0.15) is 47.1 Å². The number of imidazole rings is 1. The van der Waals surface area contributed by atoms with Crippen molar-refractivity contribution < 1.29 is 19.4 Å². The van der Waals surface area contributed by atoms with E-state index in [0.29, 0.717) is 17.8 Å². The highest BCUT2D eigenvalue weighted by Gasteiger charge is 2.14. The van der Waals surface area contributed by atoms with Gasteiger partial charge in [0.25, 0.3) is 0 Å². The summed E-state index contributed by atoms with van der Waals surface area (Å²) in [7, 11) is 0. The Balaban J connectivity index is 1.38. The molecule has 40 heavy (non-hydrogen) atoms. The molecule has 0 spiro atoms. The summed E-state index contributed by atoms with van der Waals surface area (Å²) in [6.07, 6.45) is 2.40. The Labute approximate surface area is 233 Å². The fourth-order valence-electron chi connectivity index (χ4n) is 4.72. The molecule has 0 atom stereocenters. The zero-order valence-corrected chi connectivity index (χ0v) is 22.3. The van der Waals surface area contributed by atoms with Gasteiger partial charge in [0.05, 0.1) is 16.6 Å². The van der Waals surface area contributed by atoms with Crippen molar-refractivity contribution in [2.24, 2.45) is 0 Å². The lowest BCUT2D eigenvalue weighted by Crippen LogP contribution is -2.13. The zero-order chi connectivity index (χ0) is 27.9. The van der Waals surface area contributed by atoms with Crippen LogP contribution in [0, 0.1) is 0 Å². The second-order valence-corrected chi connectivity index (χ2v) is 9.66. The number of nitrogens with one attached hydrogen (secondary N) is 1. The number of hydrogen-bond donors (Lipinski definition) is 2. The van der Waals surface area contributed by atoms with Gasteiger partial charge in [-0.2, -0.15) is 0 Å². The number of aromatic carboxylic acids is 1. The van der Waals surface area contributed by atoms with Crippen LogP contribution in [0.25, 0.3) is 22.2 Å². The van der Waals surface area contributed by atoms with Crippen molar-refractivity contribution in [3.05, 3.63) is 120 Å². The largest absolute Gasteiger partial charge is 0.478 e. The van der Waals surface area contributed by atoms with Crippen LogP contribution >= 0.6 is 0 Å². The minimum Gasteiger partial charge on any atom is -0.478 e. The van der Waals surface area contributed by atoms with E-state index in [1.165, 1.54) is 0 Å². The average Bonchev–Trinajstić information content (AvgIpc) is 3.32. The van der Waals surface area contributed by atoms with Gasteiger partial charge < -0.3 is 14.4 Å². The Morgan fingerprint density at radius 3 is 2.40 bits per heavy atom. The number of nitrogens with zero attached hydrogens (tertiary/aromatic N) is 2. The van der Waals surface area contributed by atoms with Crippen LogP contribution in [0.3, 0.4) is 0 Å². The molecule has 7 heteroatoms. The number of carbonyl (C=O) groups excluding carboxylic acids is 1. The Morgan fingerprint density at radius 2 is 1.65 bits per heavy atom. The first-order valence-corrected chi connectivity index (χ1v) is 13.4. The molecule has 5 rings (SSSR count). The highest BCUT2D eigenvalue weighted by atomic mass is 16.5. The van der Waals surface area contributed by atoms with Crippen LogP contribution in [0.2, 0.25) is 0 Å². The van der Waals surface area contributed by atoms with Crippen molar-refractivity contribution in [3.63, 3.8) is 0 Å². The molecule has 0 fully saturated rings. The van der Waals surface area contributed by atoms with Gasteiger partial charge >= 0.3 is 12.1 Å². The van der Waals surface area contributed by atoms with E-state index in [9.17, 15) is 14.7 Å². The number of hydrogen-bond acceptors (Lipinski definition) is 4. The maximum Gasteiger partial charge on any atom is 0.411 e. The number of rotatable bonds is 10. The minimum atomic E-state index is -0.946. The molecule has 0 aliphatic carbocycles. The number of benzene rings is 4. The van der Waals surface area contributed by atoms with Crippen LogP contribution in [-0.2, 0) is 24.3 Å². The van der Waals surface area contributed by atoms with E-state index in [4.69, 9.17) is 9.72 Å². The maximum absolute atomic E-state index is 12.5. The fourth-order valence-corrected chi connectivity index (χ4v) is 4.72. The Morgan fingerprint density at radius 1 is 0.900 bits per heavy atom. The van der Waals surface area contributed by atoms with E-state index in [2.05, 4.69) is 16.8 Å². The number of anilines is 1. The van der Waals surface area contributed by atoms with Crippen molar-refractivity contribution in [1.82, 2.24) is 9.55 Å². The first kappa shape index (κ1) is 26.7. The van der Waals surface area contributed by atoms with E-state index < -0.39 is 12.1 Å². The monoisotopic (exact) mass is 533 g/mol.